The van der Waals surface area contributed by atoms with Gasteiger partial charge in [0.05, 0.1) is 11.8 Å². The summed E-state index contributed by atoms with van der Waals surface area (Å²) in [6.45, 7) is 6.03. The Morgan fingerprint density at radius 3 is 2.34 bits per heavy atom. The van der Waals surface area contributed by atoms with Gasteiger partial charge in [0, 0.05) is 21.9 Å². The molecule has 0 aliphatic heterocycles. The molecule has 3 aromatic rings. The Morgan fingerprint density at radius 2 is 1.72 bits per heavy atom. The highest BCUT2D eigenvalue weighted by molar-refractivity contribution is 14.1. The van der Waals surface area contributed by atoms with Gasteiger partial charge in [-0.2, -0.15) is 0 Å². The Hall–Kier alpha value is -2.40. The van der Waals surface area contributed by atoms with Crippen molar-refractivity contribution in [2.75, 3.05) is 11.1 Å². The van der Waals surface area contributed by atoms with Crippen LogP contribution in [0, 0.1) is 16.4 Å². The van der Waals surface area contributed by atoms with E-state index < -0.39 is 0 Å². The molecule has 0 saturated heterocycles. The second-order valence-electron chi connectivity index (χ2n) is 7.80. The molecule has 2 N–H and O–H groups in total. The van der Waals surface area contributed by atoms with Crippen LogP contribution in [0.3, 0.4) is 0 Å². The second-order valence-corrected chi connectivity index (χ2v) is 9.99. The Kier molecular flexibility index (Phi) is 8.30. The van der Waals surface area contributed by atoms with Crippen molar-refractivity contribution in [2.45, 2.75) is 32.0 Å². The number of rotatable bonds is 8. The Labute approximate surface area is 205 Å². The van der Waals surface area contributed by atoms with E-state index in [4.69, 9.17) is 0 Å². The molecule has 0 fully saturated rings. The molecule has 0 radical (unpaired) electrons. The van der Waals surface area contributed by atoms with E-state index in [9.17, 15) is 9.59 Å². The predicted octanol–water partition coefficient (Wildman–Crippen LogP) is 4.59. The van der Waals surface area contributed by atoms with Crippen molar-refractivity contribution in [3.63, 3.8) is 0 Å². The normalized spacial score (nSPS) is 11.9. The number of anilines is 1. The minimum atomic E-state index is -0.309. The fraction of sp³-hybridized carbons (Fsp3) is 0.304. The van der Waals surface area contributed by atoms with Crippen LogP contribution in [0.5, 0.6) is 0 Å². The number of amides is 2. The number of aromatic nitrogens is 3. The molecule has 7 nitrogen and oxygen atoms in total. The average Bonchev–Trinajstić information content (AvgIpc) is 3.12. The van der Waals surface area contributed by atoms with Gasteiger partial charge in [-0.05, 0) is 71.8 Å². The van der Waals surface area contributed by atoms with Crippen LogP contribution in [0.25, 0.3) is 0 Å². The van der Waals surface area contributed by atoms with E-state index >= 15 is 0 Å². The average molecular weight is 563 g/mol. The number of carbonyl (C=O) groups excluding carboxylic acids is 2. The van der Waals surface area contributed by atoms with Crippen LogP contribution in [-0.2, 0) is 11.8 Å². The molecular weight excluding hydrogens is 537 g/mol. The largest absolute Gasteiger partial charge is 0.342 e. The number of carbonyl (C=O) groups is 2. The van der Waals surface area contributed by atoms with Crippen LogP contribution in [-0.4, -0.2) is 32.3 Å². The standard InChI is InChI=1S/C23H26IN5O2S/c1-14(2)20(26-22(31)16-7-5-15(3)6-8-16)21-27-28-23(29(21)4)32-13-19(30)25-18-11-9-17(24)10-12-18/h5-12,14,20H,13H2,1-4H3,(H,25,30)(H,26,31)/t20-/m1/s1. The summed E-state index contributed by atoms with van der Waals surface area (Å²) in [7, 11) is 1.85. The van der Waals surface area contributed by atoms with Gasteiger partial charge in [0.15, 0.2) is 11.0 Å². The Balaban J connectivity index is 1.65. The molecule has 168 valence electrons. The molecule has 0 aliphatic carbocycles. The maximum absolute atomic E-state index is 12.7. The molecular formula is C23H26IN5O2S. The lowest BCUT2D eigenvalue weighted by molar-refractivity contribution is -0.113. The summed E-state index contributed by atoms with van der Waals surface area (Å²) < 4.78 is 2.94. The first kappa shape index (κ1) is 24.2. The summed E-state index contributed by atoms with van der Waals surface area (Å²) in [5.41, 5.74) is 2.46. The Bertz CT molecular complexity index is 1080. The van der Waals surface area contributed by atoms with Crippen LogP contribution in [0.1, 0.15) is 41.6 Å². The van der Waals surface area contributed by atoms with Crippen molar-refractivity contribution in [1.82, 2.24) is 20.1 Å². The number of aryl methyl sites for hydroxylation is 1. The van der Waals surface area contributed by atoms with Crippen molar-refractivity contribution in [3.05, 3.63) is 69.1 Å². The summed E-state index contributed by atoms with van der Waals surface area (Å²) in [4.78, 5) is 25.1. The van der Waals surface area contributed by atoms with Gasteiger partial charge in [0.2, 0.25) is 5.91 Å². The number of hydrogen-bond donors (Lipinski definition) is 2. The van der Waals surface area contributed by atoms with Crippen molar-refractivity contribution in [3.8, 4) is 0 Å². The molecule has 0 saturated carbocycles. The van der Waals surface area contributed by atoms with Crippen molar-refractivity contribution >= 4 is 51.9 Å². The molecule has 32 heavy (non-hydrogen) atoms. The van der Waals surface area contributed by atoms with E-state index in [1.807, 2.05) is 80.9 Å². The summed E-state index contributed by atoms with van der Waals surface area (Å²) in [5, 5.41) is 15.1. The molecule has 1 aromatic heterocycles. The first-order valence-corrected chi connectivity index (χ1v) is 12.3. The maximum atomic E-state index is 12.7. The SMILES string of the molecule is Cc1ccc(C(=O)N[C@@H](c2nnc(SCC(=O)Nc3ccc(I)cc3)n2C)C(C)C)cc1. The number of thioether (sulfide) groups is 1. The highest BCUT2D eigenvalue weighted by atomic mass is 127. The van der Waals surface area contributed by atoms with E-state index in [-0.39, 0.29) is 29.5 Å². The van der Waals surface area contributed by atoms with E-state index in [1.165, 1.54) is 11.8 Å². The molecule has 2 amide bonds. The van der Waals surface area contributed by atoms with Crippen LogP contribution in [0.4, 0.5) is 5.69 Å². The fourth-order valence-electron chi connectivity index (χ4n) is 3.04. The second kappa shape index (κ2) is 11.0. The summed E-state index contributed by atoms with van der Waals surface area (Å²) in [5.74, 6) is 0.696. The van der Waals surface area contributed by atoms with E-state index in [2.05, 4.69) is 43.4 Å². The lowest BCUT2D eigenvalue weighted by Gasteiger charge is -2.21. The lowest BCUT2D eigenvalue weighted by Crippen LogP contribution is -2.33. The number of benzene rings is 2. The van der Waals surface area contributed by atoms with Crippen LogP contribution < -0.4 is 10.6 Å². The van der Waals surface area contributed by atoms with Gasteiger partial charge in [0.1, 0.15) is 0 Å². The zero-order valence-corrected chi connectivity index (χ0v) is 21.4. The maximum Gasteiger partial charge on any atom is 0.251 e. The summed E-state index contributed by atoms with van der Waals surface area (Å²) >= 11 is 3.53. The third kappa shape index (κ3) is 6.32. The topological polar surface area (TPSA) is 88.9 Å². The molecule has 3 rings (SSSR count). The van der Waals surface area contributed by atoms with Gasteiger partial charge in [-0.25, -0.2) is 0 Å². The number of halogens is 1. The number of nitrogens with zero attached hydrogens (tertiary/aromatic N) is 3. The van der Waals surface area contributed by atoms with Gasteiger partial charge in [-0.3, -0.25) is 9.59 Å². The van der Waals surface area contributed by atoms with Gasteiger partial charge in [0.25, 0.3) is 5.91 Å². The van der Waals surface area contributed by atoms with E-state index in [0.717, 1.165) is 14.8 Å². The predicted molar refractivity (Wildman–Crippen MR) is 136 cm³/mol. The smallest absolute Gasteiger partial charge is 0.251 e. The van der Waals surface area contributed by atoms with E-state index in [0.29, 0.717) is 16.5 Å². The Morgan fingerprint density at radius 1 is 1.06 bits per heavy atom. The van der Waals surface area contributed by atoms with Gasteiger partial charge in [-0.15, -0.1) is 10.2 Å². The van der Waals surface area contributed by atoms with Gasteiger partial charge in [-0.1, -0.05) is 43.3 Å². The van der Waals surface area contributed by atoms with Crippen LogP contribution >= 0.6 is 34.4 Å². The highest BCUT2D eigenvalue weighted by Crippen LogP contribution is 2.24. The monoisotopic (exact) mass is 563 g/mol. The molecule has 9 heteroatoms. The van der Waals surface area contributed by atoms with Crippen molar-refractivity contribution < 1.29 is 9.59 Å². The van der Waals surface area contributed by atoms with Crippen LogP contribution in [0.2, 0.25) is 0 Å². The molecule has 0 spiro atoms. The van der Waals surface area contributed by atoms with E-state index in [1.54, 1.807) is 0 Å². The summed E-state index contributed by atoms with van der Waals surface area (Å²) in [6, 6.07) is 14.8. The van der Waals surface area contributed by atoms with Gasteiger partial charge >= 0.3 is 0 Å². The molecule has 2 aromatic carbocycles. The zero-order chi connectivity index (χ0) is 23.3. The van der Waals surface area contributed by atoms with Crippen molar-refractivity contribution in [2.24, 2.45) is 13.0 Å². The highest BCUT2D eigenvalue weighted by Gasteiger charge is 2.25. The summed E-state index contributed by atoms with van der Waals surface area (Å²) in [6.07, 6.45) is 0. The quantitative estimate of drug-likeness (QED) is 0.309. The van der Waals surface area contributed by atoms with Gasteiger partial charge < -0.3 is 15.2 Å². The lowest BCUT2D eigenvalue weighted by atomic mass is 10.0. The minimum Gasteiger partial charge on any atom is -0.342 e. The van der Waals surface area contributed by atoms with Crippen LogP contribution in [0.15, 0.2) is 53.7 Å². The van der Waals surface area contributed by atoms with Crippen molar-refractivity contribution in [1.29, 1.82) is 0 Å². The molecule has 1 atom stereocenters. The third-order valence-corrected chi connectivity index (χ3v) is 6.61. The minimum absolute atomic E-state index is 0.106. The molecule has 0 aliphatic rings. The number of hydrogen-bond acceptors (Lipinski definition) is 5. The molecule has 0 unspecified atom stereocenters. The first-order valence-electron chi connectivity index (χ1n) is 10.2. The molecule has 0 bridgehead atoms. The third-order valence-electron chi connectivity index (χ3n) is 4.87. The fourth-order valence-corrected chi connectivity index (χ4v) is 4.12. The zero-order valence-electron chi connectivity index (χ0n) is 18.4. The number of nitrogens with one attached hydrogen (secondary N) is 2. The molecule has 1 heterocycles. The first-order chi connectivity index (χ1) is 15.2.